The number of amides is 1. The number of carbonyl (C=O) groups is 1. The van der Waals surface area contributed by atoms with Crippen molar-refractivity contribution in [2.24, 2.45) is 23.2 Å². The SMILES string of the molecule is C#CCN(C)C(=O)[C@@H](C)[C@H]1CC[C@]2(C)Cc3sc(Nc4ccc(F)cc4)nc3[C@H](C)[C@@H]2[C@H]1O. The molecule has 0 aliphatic heterocycles. The molecule has 2 aliphatic carbocycles. The van der Waals surface area contributed by atoms with E-state index in [1.54, 1.807) is 35.4 Å². The number of carbonyl (C=O) groups excluding carboxylic acids is 1. The van der Waals surface area contributed by atoms with Gasteiger partial charge in [0.25, 0.3) is 0 Å². The molecule has 33 heavy (non-hydrogen) atoms. The second kappa shape index (κ2) is 9.08. The molecule has 2 N–H and O–H groups in total. The van der Waals surface area contributed by atoms with Gasteiger partial charge in [0, 0.05) is 29.4 Å². The summed E-state index contributed by atoms with van der Waals surface area (Å²) in [5, 5.41) is 15.6. The van der Waals surface area contributed by atoms with Crippen molar-refractivity contribution in [2.45, 2.75) is 52.1 Å². The van der Waals surface area contributed by atoms with Crippen LogP contribution in [0.3, 0.4) is 0 Å². The summed E-state index contributed by atoms with van der Waals surface area (Å²) in [5.74, 6) is 1.94. The Kier molecular flexibility index (Phi) is 6.52. The number of hydrogen-bond donors (Lipinski definition) is 2. The van der Waals surface area contributed by atoms with Crippen molar-refractivity contribution in [3.63, 3.8) is 0 Å². The van der Waals surface area contributed by atoms with Crippen LogP contribution in [0.5, 0.6) is 0 Å². The lowest BCUT2D eigenvalue weighted by Crippen LogP contribution is -2.53. The van der Waals surface area contributed by atoms with Crippen LogP contribution >= 0.6 is 11.3 Å². The van der Waals surface area contributed by atoms with Crippen molar-refractivity contribution in [1.29, 1.82) is 0 Å². The van der Waals surface area contributed by atoms with E-state index in [1.807, 2.05) is 6.92 Å². The van der Waals surface area contributed by atoms with Gasteiger partial charge in [-0.1, -0.05) is 26.7 Å². The highest BCUT2D eigenvalue weighted by molar-refractivity contribution is 7.15. The first-order valence-electron chi connectivity index (χ1n) is 11.5. The molecule has 2 aromatic rings. The topological polar surface area (TPSA) is 65.5 Å². The van der Waals surface area contributed by atoms with Crippen molar-refractivity contribution < 1.29 is 14.3 Å². The number of hydrogen-bond acceptors (Lipinski definition) is 5. The van der Waals surface area contributed by atoms with Crippen LogP contribution in [-0.4, -0.2) is 40.6 Å². The maximum atomic E-state index is 13.2. The predicted octanol–water partition coefficient (Wildman–Crippen LogP) is 4.81. The van der Waals surface area contributed by atoms with Gasteiger partial charge in [-0.3, -0.25) is 4.79 Å². The molecule has 1 fully saturated rings. The number of aliphatic hydroxyl groups is 1. The summed E-state index contributed by atoms with van der Waals surface area (Å²) in [6.45, 7) is 6.60. The number of aliphatic hydroxyl groups excluding tert-OH is 1. The molecule has 1 aromatic heterocycles. The van der Waals surface area contributed by atoms with Gasteiger partial charge in [-0.05, 0) is 60.8 Å². The molecule has 1 saturated carbocycles. The lowest BCUT2D eigenvalue weighted by molar-refractivity contribution is -0.142. The number of rotatable bonds is 5. The van der Waals surface area contributed by atoms with Crippen LogP contribution in [-0.2, 0) is 11.2 Å². The van der Waals surface area contributed by atoms with E-state index in [0.29, 0.717) is 0 Å². The number of fused-ring (bicyclic) bond motifs is 2. The Morgan fingerprint density at radius 1 is 1.45 bits per heavy atom. The Morgan fingerprint density at radius 2 is 2.15 bits per heavy atom. The van der Waals surface area contributed by atoms with Crippen molar-refractivity contribution in [3.8, 4) is 12.3 Å². The molecular formula is C26H32FN3O2S. The monoisotopic (exact) mass is 469 g/mol. The number of halogens is 1. The molecular weight excluding hydrogens is 437 g/mol. The summed E-state index contributed by atoms with van der Waals surface area (Å²) in [4.78, 5) is 20.6. The maximum absolute atomic E-state index is 13.2. The van der Waals surface area contributed by atoms with E-state index in [0.717, 1.165) is 35.8 Å². The summed E-state index contributed by atoms with van der Waals surface area (Å²) >= 11 is 1.64. The number of terminal acetylenes is 1. The molecule has 1 heterocycles. The van der Waals surface area contributed by atoms with Crippen LogP contribution in [0.25, 0.3) is 0 Å². The molecule has 5 nitrogen and oxygen atoms in total. The quantitative estimate of drug-likeness (QED) is 0.617. The molecule has 0 radical (unpaired) electrons. The van der Waals surface area contributed by atoms with E-state index in [2.05, 4.69) is 25.1 Å². The third-order valence-electron chi connectivity index (χ3n) is 7.75. The van der Waals surface area contributed by atoms with Crippen LogP contribution in [0, 0.1) is 41.3 Å². The van der Waals surface area contributed by atoms with Crippen LogP contribution in [0.1, 0.15) is 50.1 Å². The van der Waals surface area contributed by atoms with Gasteiger partial charge >= 0.3 is 0 Å². The van der Waals surface area contributed by atoms with E-state index in [-0.39, 0.29) is 47.4 Å². The lowest BCUT2D eigenvalue weighted by atomic mass is 9.53. The molecule has 1 amide bonds. The smallest absolute Gasteiger partial charge is 0.226 e. The molecule has 1 aromatic carbocycles. The van der Waals surface area contributed by atoms with E-state index < -0.39 is 6.10 Å². The van der Waals surface area contributed by atoms with Crippen molar-refractivity contribution in [3.05, 3.63) is 40.7 Å². The first kappa shape index (κ1) is 23.7. The van der Waals surface area contributed by atoms with Crippen molar-refractivity contribution in [2.75, 3.05) is 18.9 Å². The van der Waals surface area contributed by atoms with E-state index in [4.69, 9.17) is 11.4 Å². The first-order valence-corrected chi connectivity index (χ1v) is 12.3. The Labute approximate surface area is 199 Å². The molecule has 4 rings (SSSR count). The largest absolute Gasteiger partial charge is 0.392 e. The number of nitrogens with zero attached hydrogens (tertiary/aromatic N) is 2. The highest BCUT2D eigenvalue weighted by Crippen LogP contribution is 2.57. The van der Waals surface area contributed by atoms with E-state index in [9.17, 15) is 14.3 Å². The van der Waals surface area contributed by atoms with Crippen LogP contribution in [0.2, 0.25) is 0 Å². The molecule has 0 bridgehead atoms. The number of benzene rings is 1. The van der Waals surface area contributed by atoms with Gasteiger partial charge in [-0.15, -0.1) is 17.8 Å². The van der Waals surface area contributed by atoms with Gasteiger partial charge in [0.1, 0.15) is 5.82 Å². The number of aromatic nitrogens is 1. The average Bonchev–Trinajstić information content (AvgIpc) is 3.16. The van der Waals surface area contributed by atoms with E-state index >= 15 is 0 Å². The van der Waals surface area contributed by atoms with Crippen molar-refractivity contribution in [1.82, 2.24) is 9.88 Å². The minimum atomic E-state index is -0.583. The maximum Gasteiger partial charge on any atom is 0.226 e. The zero-order chi connectivity index (χ0) is 23.9. The summed E-state index contributed by atoms with van der Waals surface area (Å²) in [6, 6.07) is 6.25. The summed E-state index contributed by atoms with van der Waals surface area (Å²) in [7, 11) is 1.72. The highest BCUT2D eigenvalue weighted by Gasteiger charge is 2.54. The number of anilines is 2. The normalized spacial score (nSPS) is 29.4. The molecule has 7 heteroatoms. The summed E-state index contributed by atoms with van der Waals surface area (Å²) < 4.78 is 13.2. The zero-order valence-electron chi connectivity index (χ0n) is 19.6. The average molecular weight is 470 g/mol. The number of nitrogens with one attached hydrogen (secondary N) is 1. The second-order valence-electron chi connectivity index (χ2n) is 9.98. The Bertz CT molecular complexity index is 1060. The molecule has 176 valence electrons. The minimum absolute atomic E-state index is 0.0100. The summed E-state index contributed by atoms with van der Waals surface area (Å²) in [5.41, 5.74) is 1.77. The predicted molar refractivity (Wildman–Crippen MR) is 130 cm³/mol. The Hall–Kier alpha value is -2.43. The van der Waals surface area contributed by atoms with Crippen LogP contribution < -0.4 is 5.32 Å². The minimum Gasteiger partial charge on any atom is -0.392 e. The molecule has 0 spiro atoms. The standard InChI is InChI=1S/C26H32FN3O2S/c1-6-13-30(5)24(32)15(2)19-11-12-26(4)14-20-22(16(3)21(26)23(19)31)29-25(33-20)28-18-9-7-17(27)8-10-18/h1,7-10,15-16,19,21,23,31H,11-14H2,2-5H3,(H,28,29)/t15-,16+,19+,21+,23-,26+/m0/s1. The van der Waals surface area contributed by atoms with Gasteiger partial charge in [-0.2, -0.15) is 0 Å². The van der Waals surface area contributed by atoms with E-state index in [1.165, 1.54) is 17.0 Å². The second-order valence-corrected chi connectivity index (χ2v) is 11.1. The number of thiazole rings is 1. The van der Waals surface area contributed by atoms with Gasteiger partial charge in [-0.25, -0.2) is 9.37 Å². The molecule has 6 atom stereocenters. The molecule has 0 saturated heterocycles. The fourth-order valence-electron chi connectivity index (χ4n) is 6.00. The van der Waals surface area contributed by atoms with Crippen LogP contribution in [0.4, 0.5) is 15.2 Å². The fraction of sp³-hybridized carbons (Fsp3) is 0.538. The molecule has 2 aliphatic rings. The highest BCUT2D eigenvalue weighted by atomic mass is 32.1. The van der Waals surface area contributed by atoms with Gasteiger partial charge < -0.3 is 15.3 Å². The summed E-state index contributed by atoms with van der Waals surface area (Å²) in [6.07, 6.45) is 7.43. The first-order chi connectivity index (χ1) is 15.6. The molecule has 0 unspecified atom stereocenters. The Balaban J connectivity index is 1.56. The van der Waals surface area contributed by atoms with Gasteiger partial charge in [0.05, 0.1) is 18.3 Å². The van der Waals surface area contributed by atoms with Gasteiger partial charge in [0.15, 0.2) is 5.13 Å². The third-order valence-corrected chi connectivity index (χ3v) is 8.74. The lowest BCUT2D eigenvalue weighted by Gasteiger charge is -2.53. The van der Waals surface area contributed by atoms with Gasteiger partial charge in [0.2, 0.25) is 5.91 Å². The third kappa shape index (κ3) is 4.39. The zero-order valence-corrected chi connectivity index (χ0v) is 20.5. The Morgan fingerprint density at radius 3 is 2.82 bits per heavy atom. The van der Waals surface area contributed by atoms with Crippen LogP contribution in [0.15, 0.2) is 24.3 Å². The fourth-order valence-corrected chi connectivity index (χ4v) is 7.29. The van der Waals surface area contributed by atoms with Crippen molar-refractivity contribution >= 4 is 28.1 Å².